The predicted octanol–water partition coefficient (Wildman–Crippen LogP) is 4.03. The van der Waals surface area contributed by atoms with E-state index in [2.05, 4.69) is 17.1 Å². The summed E-state index contributed by atoms with van der Waals surface area (Å²) in [5.41, 5.74) is 1.99. The van der Waals surface area contributed by atoms with Crippen LogP contribution in [0.2, 0.25) is 0 Å². The molecule has 2 aromatic rings. The van der Waals surface area contributed by atoms with Crippen molar-refractivity contribution in [3.8, 4) is 5.75 Å². The van der Waals surface area contributed by atoms with E-state index in [0.29, 0.717) is 18.4 Å². The van der Waals surface area contributed by atoms with E-state index >= 15 is 0 Å². The number of hydrogen-bond acceptors (Lipinski definition) is 3. The lowest BCUT2D eigenvalue weighted by Crippen LogP contribution is -2.34. The molecule has 1 aromatic heterocycles. The van der Waals surface area contributed by atoms with Gasteiger partial charge in [0.25, 0.3) is 0 Å². The first kappa shape index (κ1) is 16.4. The largest absolute Gasteiger partial charge is 0.494 e. The maximum Gasteiger partial charge on any atom is 0.226 e. The highest BCUT2D eigenvalue weighted by Crippen LogP contribution is 2.48. The maximum atomic E-state index is 13.0. The van der Waals surface area contributed by atoms with E-state index in [-0.39, 0.29) is 5.92 Å². The molecule has 4 rings (SSSR count). The Labute approximate surface area is 149 Å². The molecule has 1 amide bonds. The van der Waals surface area contributed by atoms with Crippen LogP contribution in [0.4, 0.5) is 0 Å². The van der Waals surface area contributed by atoms with Crippen molar-refractivity contribution in [2.75, 3.05) is 14.2 Å². The van der Waals surface area contributed by atoms with Gasteiger partial charge in [0.1, 0.15) is 11.3 Å². The Morgan fingerprint density at radius 1 is 1.24 bits per heavy atom. The summed E-state index contributed by atoms with van der Waals surface area (Å²) >= 11 is 0. The Kier molecular flexibility index (Phi) is 4.36. The van der Waals surface area contributed by atoms with Crippen molar-refractivity contribution >= 4 is 16.8 Å². The van der Waals surface area contributed by atoms with Gasteiger partial charge in [0.05, 0.1) is 7.11 Å². The van der Waals surface area contributed by atoms with Crippen molar-refractivity contribution in [1.29, 1.82) is 0 Å². The molecular formula is C21H26N2O2. The summed E-state index contributed by atoms with van der Waals surface area (Å²) in [6.45, 7) is 0.624. The SMILES string of the molecule is COc1ccc(CN(C)C(=O)[C@H]2CC[C@@H]3CCC[C@@H]32)c2cccnc12. The third kappa shape index (κ3) is 2.88. The molecule has 4 heteroatoms. The molecule has 1 heterocycles. The van der Waals surface area contributed by atoms with Gasteiger partial charge in [0, 0.05) is 31.1 Å². The minimum Gasteiger partial charge on any atom is -0.494 e. The molecule has 2 aliphatic carbocycles. The molecule has 0 unspecified atom stereocenters. The number of methoxy groups -OCH3 is 1. The lowest BCUT2D eigenvalue weighted by molar-refractivity contribution is -0.136. The number of ether oxygens (including phenoxy) is 1. The Morgan fingerprint density at radius 2 is 2.12 bits per heavy atom. The highest BCUT2D eigenvalue weighted by atomic mass is 16.5. The zero-order valence-corrected chi connectivity index (χ0v) is 15.1. The molecule has 2 aliphatic rings. The predicted molar refractivity (Wildman–Crippen MR) is 98.3 cm³/mol. The van der Waals surface area contributed by atoms with Crippen LogP contribution in [-0.4, -0.2) is 29.9 Å². The quantitative estimate of drug-likeness (QED) is 0.845. The van der Waals surface area contributed by atoms with Gasteiger partial charge in [-0.2, -0.15) is 0 Å². The van der Waals surface area contributed by atoms with Crippen molar-refractivity contribution < 1.29 is 9.53 Å². The molecule has 1 aromatic carbocycles. The second-order valence-electron chi connectivity index (χ2n) is 7.56. The highest BCUT2D eigenvalue weighted by molar-refractivity contribution is 5.88. The monoisotopic (exact) mass is 338 g/mol. The van der Waals surface area contributed by atoms with Gasteiger partial charge in [-0.15, -0.1) is 0 Å². The van der Waals surface area contributed by atoms with Gasteiger partial charge in [-0.3, -0.25) is 9.78 Å². The second kappa shape index (κ2) is 6.66. The Morgan fingerprint density at radius 3 is 2.96 bits per heavy atom. The maximum absolute atomic E-state index is 13.0. The average molecular weight is 338 g/mol. The number of nitrogens with zero attached hydrogens (tertiary/aromatic N) is 2. The lowest BCUT2D eigenvalue weighted by Gasteiger charge is -2.25. The third-order valence-electron chi connectivity index (χ3n) is 6.23. The van der Waals surface area contributed by atoms with Gasteiger partial charge >= 0.3 is 0 Å². The first-order chi connectivity index (χ1) is 12.2. The number of carbonyl (C=O) groups is 1. The van der Waals surface area contributed by atoms with Crippen LogP contribution in [0.1, 0.15) is 37.7 Å². The van der Waals surface area contributed by atoms with Gasteiger partial charge < -0.3 is 9.64 Å². The number of pyridine rings is 1. The lowest BCUT2D eigenvalue weighted by atomic mass is 9.91. The number of amides is 1. The third-order valence-corrected chi connectivity index (χ3v) is 6.23. The molecule has 0 N–H and O–H groups in total. The molecule has 2 fully saturated rings. The normalized spacial score (nSPS) is 25.1. The first-order valence-corrected chi connectivity index (χ1v) is 9.34. The molecular weight excluding hydrogens is 312 g/mol. The summed E-state index contributed by atoms with van der Waals surface area (Å²) in [6, 6.07) is 8.00. The minimum absolute atomic E-state index is 0.236. The Bertz CT molecular complexity index is 789. The van der Waals surface area contributed by atoms with Gasteiger partial charge in [0.2, 0.25) is 5.91 Å². The molecule has 3 atom stereocenters. The zero-order valence-electron chi connectivity index (χ0n) is 15.1. The Hall–Kier alpha value is -2.10. The number of benzene rings is 1. The number of rotatable bonds is 4. The summed E-state index contributed by atoms with van der Waals surface area (Å²) in [7, 11) is 3.61. The van der Waals surface area contributed by atoms with Crippen molar-refractivity contribution in [1.82, 2.24) is 9.88 Å². The molecule has 0 aliphatic heterocycles. The van der Waals surface area contributed by atoms with E-state index in [1.54, 1.807) is 13.3 Å². The van der Waals surface area contributed by atoms with Crippen LogP contribution in [0.3, 0.4) is 0 Å². The zero-order chi connectivity index (χ0) is 17.4. The molecule has 0 bridgehead atoms. The van der Waals surface area contributed by atoms with Gasteiger partial charge in [-0.25, -0.2) is 0 Å². The summed E-state index contributed by atoms with van der Waals surface area (Å²) in [4.78, 5) is 19.4. The van der Waals surface area contributed by atoms with E-state index in [1.807, 2.05) is 24.1 Å². The van der Waals surface area contributed by atoms with E-state index in [9.17, 15) is 4.79 Å². The highest BCUT2D eigenvalue weighted by Gasteiger charge is 2.43. The first-order valence-electron chi connectivity index (χ1n) is 9.34. The van der Waals surface area contributed by atoms with E-state index < -0.39 is 0 Å². The molecule has 132 valence electrons. The van der Waals surface area contributed by atoms with Crippen LogP contribution in [0.25, 0.3) is 10.9 Å². The minimum atomic E-state index is 0.236. The fourth-order valence-electron chi connectivity index (χ4n) is 4.99. The number of hydrogen-bond donors (Lipinski definition) is 0. The molecule has 0 spiro atoms. The van der Waals surface area contributed by atoms with Gasteiger partial charge in [-0.05, 0) is 48.8 Å². The molecule has 0 radical (unpaired) electrons. The standard InChI is InChI=1S/C21H26N2O2/c1-23(21(24)18-10-8-14-5-3-6-16(14)18)13-15-9-11-19(25-2)20-17(15)7-4-12-22-20/h4,7,9,11-12,14,16,18H,3,5-6,8,10,13H2,1-2H3/t14-,16-,18-/m0/s1. The fraction of sp³-hybridized carbons (Fsp3) is 0.524. The summed E-state index contributed by atoms with van der Waals surface area (Å²) in [6.07, 6.45) is 7.96. The van der Waals surface area contributed by atoms with E-state index in [1.165, 1.54) is 25.7 Å². The number of fused-ring (bicyclic) bond motifs is 2. The van der Waals surface area contributed by atoms with Gasteiger partial charge in [0.15, 0.2) is 0 Å². The molecule has 25 heavy (non-hydrogen) atoms. The van der Waals surface area contributed by atoms with E-state index in [4.69, 9.17) is 4.74 Å². The topological polar surface area (TPSA) is 42.4 Å². The van der Waals surface area contributed by atoms with Crippen molar-refractivity contribution in [2.45, 2.75) is 38.6 Å². The van der Waals surface area contributed by atoms with Crippen molar-refractivity contribution in [2.24, 2.45) is 17.8 Å². The summed E-state index contributed by atoms with van der Waals surface area (Å²) in [5, 5.41) is 1.06. The van der Waals surface area contributed by atoms with Crippen LogP contribution in [0.5, 0.6) is 5.75 Å². The molecule has 0 saturated heterocycles. The average Bonchev–Trinajstić information content (AvgIpc) is 3.25. The molecule has 4 nitrogen and oxygen atoms in total. The van der Waals surface area contributed by atoms with Crippen LogP contribution >= 0.6 is 0 Å². The van der Waals surface area contributed by atoms with Crippen LogP contribution in [0, 0.1) is 17.8 Å². The van der Waals surface area contributed by atoms with Crippen LogP contribution in [-0.2, 0) is 11.3 Å². The second-order valence-corrected chi connectivity index (χ2v) is 7.56. The van der Waals surface area contributed by atoms with Crippen LogP contribution < -0.4 is 4.74 Å². The molecule has 2 saturated carbocycles. The summed E-state index contributed by atoms with van der Waals surface area (Å²) in [5.74, 6) is 2.76. The Balaban J connectivity index is 1.56. The van der Waals surface area contributed by atoms with Gasteiger partial charge in [-0.1, -0.05) is 25.0 Å². The summed E-state index contributed by atoms with van der Waals surface area (Å²) < 4.78 is 5.42. The smallest absolute Gasteiger partial charge is 0.226 e. The number of aromatic nitrogens is 1. The van der Waals surface area contributed by atoms with Crippen molar-refractivity contribution in [3.05, 3.63) is 36.0 Å². The fourth-order valence-corrected chi connectivity index (χ4v) is 4.99. The number of carbonyl (C=O) groups excluding carboxylic acids is 1. The van der Waals surface area contributed by atoms with Crippen molar-refractivity contribution in [3.63, 3.8) is 0 Å². The van der Waals surface area contributed by atoms with E-state index in [0.717, 1.165) is 34.6 Å². The van der Waals surface area contributed by atoms with Crippen LogP contribution in [0.15, 0.2) is 30.5 Å².